The summed E-state index contributed by atoms with van der Waals surface area (Å²) in [5.41, 5.74) is 2.29. The Morgan fingerprint density at radius 2 is 1.65 bits per heavy atom. The predicted molar refractivity (Wildman–Crippen MR) is 138 cm³/mol. The van der Waals surface area contributed by atoms with Gasteiger partial charge in [-0.3, -0.25) is 19.5 Å². The zero-order chi connectivity index (χ0) is 25.6. The van der Waals surface area contributed by atoms with Crippen LogP contribution in [-0.2, 0) is 20.9 Å². The molecule has 1 N–H and O–H groups in total. The third kappa shape index (κ3) is 5.55. The maximum Gasteiger partial charge on any atom is 0.295 e. The molecule has 2 aromatic carbocycles. The molecule has 3 heterocycles. The van der Waals surface area contributed by atoms with E-state index >= 15 is 0 Å². The number of hydrogen-bond acceptors (Lipinski definition) is 7. The zero-order valence-electron chi connectivity index (χ0n) is 20.5. The molecule has 8 heteroatoms. The maximum atomic E-state index is 13.2. The number of aliphatic hydroxyl groups excluding tert-OH is 1. The summed E-state index contributed by atoms with van der Waals surface area (Å²) in [6.45, 7) is 4.26. The minimum absolute atomic E-state index is 0.0798. The summed E-state index contributed by atoms with van der Waals surface area (Å²) in [5, 5.41) is 11.3. The normalized spacial score (nSPS) is 19.8. The van der Waals surface area contributed by atoms with E-state index in [1.165, 1.54) is 0 Å². The summed E-state index contributed by atoms with van der Waals surface area (Å²) in [5.74, 6) is -0.870. The van der Waals surface area contributed by atoms with Gasteiger partial charge in [0.2, 0.25) is 0 Å². The van der Waals surface area contributed by atoms with Crippen molar-refractivity contribution in [1.29, 1.82) is 0 Å². The second-order valence-electron chi connectivity index (χ2n) is 9.03. The number of amides is 1. The lowest BCUT2D eigenvalue weighted by Crippen LogP contribution is -2.42. The first-order valence-corrected chi connectivity index (χ1v) is 12.4. The maximum absolute atomic E-state index is 13.2. The van der Waals surface area contributed by atoms with Crippen LogP contribution in [-0.4, -0.2) is 71.0 Å². The fourth-order valence-electron chi connectivity index (χ4n) is 4.68. The first-order valence-electron chi connectivity index (χ1n) is 12.4. The summed E-state index contributed by atoms with van der Waals surface area (Å²) >= 11 is 0. The molecule has 0 saturated carbocycles. The number of carbonyl (C=O) groups is 2. The summed E-state index contributed by atoms with van der Waals surface area (Å²) in [6.07, 6.45) is 3.24. The van der Waals surface area contributed by atoms with Gasteiger partial charge in [-0.1, -0.05) is 30.3 Å². The lowest BCUT2D eigenvalue weighted by molar-refractivity contribution is -0.140. The summed E-state index contributed by atoms with van der Waals surface area (Å²) in [7, 11) is 0. The molecule has 2 fully saturated rings. The molecule has 1 atom stereocenters. The first-order chi connectivity index (χ1) is 18.1. The first kappa shape index (κ1) is 24.7. The predicted octanol–water partition coefficient (Wildman–Crippen LogP) is 3.41. The second kappa shape index (κ2) is 11.4. The highest BCUT2D eigenvalue weighted by Crippen LogP contribution is 2.39. The number of rotatable bonds is 8. The van der Waals surface area contributed by atoms with E-state index < -0.39 is 17.7 Å². The van der Waals surface area contributed by atoms with Gasteiger partial charge in [0.05, 0.1) is 24.8 Å². The topological polar surface area (TPSA) is 92.2 Å². The lowest BCUT2D eigenvalue weighted by atomic mass is 9.96. The van der Waals surface area contributed by atoms with Gasteiger partial charge in [0, 0.05) is 44.1 Å². The molecule has 0 bridgehead atoms. The van der Waals surface area contributed by atoms with Crippen molar-refractivity contribution < 1.29 is 24.2 Å². The number of pyridine rings is 1. The van der Waals surface area contributed by atoms with Crippen LogP contribution in [0.2, 0.25) is 0 Å². The molecule has 0 radical (unpaired) electrons. The minimum Gasteiger partial charge on any atom is -0.507 e. The molecule has 37 heavy (non-hydrogen) atoms. The fraction of sp³-hybridized carbons (Fsp3) is 0.276. The van der Waals surface area contributed by atoms with Crippen molar-refractivity contribution in [3.8, 4) is 5.75 Å². The van der Waals surface area contributed by atoms with Crippen molar-refractivity contribution >= 4 is 17.4 Å². The van der Waals surface area contributed by atoms with Gasteiger partial charge in [-0.05, 0) is 47.5 Å². The number of ketones is 1. The fourth-order valence-corrected chi connectivity index (χ4v) is 4.68. The number of nitrogens with zero attached hydrogens (tertiary/aromatic N) is 3. The molecular weight excluding hydrogens is 470 g/mol. The smallest absolute Gasteiger partial charge is 0.295 e. The van der Waals surface area contributed by atoms with Crippen molar-refractivity contribution in [2.45, 2.75) is 12.6 Å². The molecular formula is C29H29N3O5. The number of ether oxygens (including phenoxy) is 2. The minimum atomic E-state index is -0.696. The molecule has 1 amide bonds. The van der Waals surface area contributed by atoms with Crippen LogP contribution in [0.3, 0.4) is 0 Å². The molecule has 2 aliphatic rings. The Bertz CT molecular complexity index is 1260. The van der Waals surface area contributed by atoms with Crippen molar-refractivity contribution in [1.82, 2.24) is 14.8 Å². The number of carbonyl (C=O) groups excluding carboxylic acids is 2. The zero-order valence-corrected chi connectivity index (χ0v) is 20.5. The SMILES string of the molecule is O=C1C(=O)N(CCN2CCOCC2)[C@@H](c2ccncc2)/C1=C(\O)c1ccc(OCc2ccccc2)cc1. The van der Waals surface area contributed by atoms with Crippen molar-refractivity contribution in [3.05, 3.63) is 101 Å². The van der Waals surface area contributed by atoms with Gasteiger partial charge in [-0.15, -0.1) is 0 Å². The van der Waals surface area contributed by atoms with Crippen molar-refractivity contribution in [2.75, 3.05) is 39.4 Å². The van der Waals surface area contributed by atoms with E-state index in [2.05, 4.69) is 9.88 Å². The summed E-state index contributed by atoms with van der Waals surface area (Å²) in [4.78, 5) is 34.2. The quantitative estimate of drug-likeness (QED) is 0.288. The Balaban J connectivity index is 1.40. The number of likely N-dealkylation sites (tertiary alicyclic amines) is 1. The van der Waals surface area contributed by atoms with Crippen LogP contribution in [0, 0.1) is 0 Å². The van der Waals surface area contributed by atoms with E-state index in [9.17, 15) is 14.7 Å². The highest BCUT2D eigenvalue weighted by molar-refractivity contribution is 6.46. The monoisotopic (exact) mass is 499 g/mol. The van der Waals surface area contributed by atoms with Gasteiger partial charge in [0.1, 0.15) is 18.1 Å². The van der Waals surface area contributed by atoms with Crippen LogP contribution in [0.4, 0.5) is 0 Å². The van der Waals surface area contributed by atoms with E-state index in [0.29, 0.717) is 44.2 Å². The van der Waals surface area contributed by atoms with Crippen molar-refractivity contribution in [2.24, 2.45) is 0 Å². The lowest BCUT2D eigenvalue weighted by Gasteiger charge is -2.30. The van der Waals surface area contributed by atoms with Crippen LogP contribution >= 0.6 is 0 Å². The van der Waals surface area contributed by atoms with Crippen LogP contribution in [0.1, 0.15) is 22.7 Å². The number of benzene rings is 2. The number of aliphatic hydroxyl groups is 1. The molecule has 0 aliphatic carbocycles. The van der Waals surface area contributed by atoms with Crippen LogP contribution in [0.15, 0.2) is 84.7 Å². The summed E-state index contributed by atoms with van der Waals surface area (Å²) in [6, 6.07) is 19.5. The number of morpholine rings is 1. The molecule has 2 aliphatic heterocycles. The molecule has 190 valence electrons. The van der Waals surface area contributed by atoms with Crippen LogP contribution in [0.25, 0.3) is 5.76 Å². The number of aromatic nitrogens is 1. The molecule has 1 aromatic heterocycles. The average Bonchev–Trinajstić information content (AvgIpc) is 3.21. The highest BCUT2D eigenvalue weighted by Gasteiger charge is 2.46. The van der Waals surface area contributed by atoms with E-state index in [1.807, 2.05) is 30.3 Å². The second-order valence-corrected chi connectivity index (χ2v) is 9.03. The van der Waals surface area contributed by atoms with Gasteiger partial charge in [0.25, 0.3) is 11.7 Å². The molecule has 0 unspecified atom stereocenters. The number of hydrogen-bond donors (Lipinski definition) is 1. The van der Waals surface area contributed by atoms with Crippen molar-refractivity contribution in [3.63, 3.8) is 0 Å². The van der Waals surface area contributed by atoms with Gasteiger partial charge >= 0.3 is 0 Å². The molecule has 5 rings (SSSR count). The van der Waals surface area contributed by atoms with Gasteiger partial charge in [-0.2, -0.15) is 0 Å². The average molecular weight is 500 g/mol. The third-order valence-electron chi connectivity index (χ3n) is 6.70. The molecule has 2 saturated heterocycles. The third-order valence-corrected chi connectivity index (χ3v) is 6.70. The Kier molecular flexibility index (Phi) is 7.58. The van der Waals surface area contributed by atoms with E-state index in [0.717, 1.165) is 24.2 Å². The van der Waals surface area contributed by atoms with Gasteiger partial charge in [-0.25, -0.2) is 0 Å². The van der Waals surface area contributed by atoms with E-state index in [-0.39, 0.29) is 11.3 Å². The molecule has 8 nitrogen and oxygen atoms in total. The van der Waals surface area contributed by atoms with E-state index in [4.69, 9.17) is 9.47 Å². The Morgan fingerprint density at radius 1 is 0.946 bits per heavy atom. The standard InChI is InChI=1S/C29H29N3O5/c33-27(23-6-8-24(9-7-23)37-20-21-4-2-1-3-5-21)25-26(22-10-12-30-13-11-22)32(29(35)28(25)34)15-14-31-16-18-36-19-17-31/h1-13,26,33H,14-20H2/b27-25+/t26-/m0/s1. The Hall–Kier alpha value is -4.01. The number of Topliss-reactive ketones (excluding diaryl/α,β-unsaturated/α-hetero) is 1. The van der Waals surface area contributed by atoms with E-state index in [1.54, 1.807) is 53.7 Å². The Morgan fingerprint density at radius 3 is 2.35 bits per heavy atom. The highest BCUT2D eigenvalue weighted by atomic mass is 16.5. The Labute approximate surface area is 215 Å². The van der Waals surface area contributed by atoms with Gasteiger partial charge < -0.3 is 19.5 Å². The van der Waals surface area contributed by atoms with Gasteiger partial charge in [0.15, 0.2) is 0 Å². The summed E-state index contributed by atoms with van der Waals surface area (Å²) < 4.78 is 11.3. The largest absolute Gasteiger partial charge is 0.507 e. The van der Waals surface area contributed by atoms with Crippen LogP contribution in [0.5, 0.6) is 5.75 Å². The molecule has 3 aromatic rings. The molecule has 0 spiro atoms. The van der Waals surface area contributed by atoms with Crippen LogP contribution < -0.4 is 4.74 Å².